The van der Waals surface area contributed by atoms with Crippen molar-refractivity contribution in [3.8, 4) is 17.2 Å². The van der Waals surface area contributed by atoms with Crippen LogP contribution >= 0.6 is 0 Å². The Bertz CT molecular complexity index is 852. The van der Waals surface area contributed by atoms with Crippen molar-refractivity contribution in [1.29, 1.82) is 0 Å². The molecule has 1 atom stereocenters. The average Bonchev–Trinajstić information content (AvgIpc) is 2.64. The molecule has 0 saturated carbocycles. The van der Waals surface area contributed by atoms with Gasteiger partial charge in [0.1, 0.15) is 42.9 Å². The van der Waals surface area contributed by atoms with Gasteiger partial charge in [-0.15, -0.1) is 0 Å². The van der Waals surface area contributed by atoms with Crippen LogP contribution in [0, 0.1) is 11.7 Å². The van der Waals surface area contributed by atoms with Crippen molar-refractivity contribution < 1.29 is 28.5 Å². The Balaban J connectivity index is 1.25. The highest BCUT2D eigenvalue weighted by molar-refractivity contribution is 5.71. The van der Waals surface area contributed by atoms with Crippen molar-refractivity contribution in [1.82, 2.24) is 4.90 Å². The number of ether oxygens (including phenoxy) is 3. The highest BCUT2D eigenvalue weighted by atomic mass is 19.1. The maximum atomic E-state index is 13.1. The van der Waals surface area contributed by atoms with E-state index in [0.717, 1.165) is 17.7 Å². The van der Waals surface area contributed by atoms with Crippen LogP contribution < -0.4 is 14.2 Å². The van der Waals surface area contributed by atoms with E-state index >= 15 is 0 Å². The zero-order valence-corrected chi connectivity index (χ0v) is 15.3. The number of fused-ring (bicyclic) bond motifs is 1. The summed E-state index contributed by atoms with van der Waals surface area (Å²) in [6.07, 6.45) is 0.838. The van der Waals surface area contributed by atoms with E-state index in [1.54, 1.807) is 12.1 Å². The minimum Gasteiger partial charge on any atom is -0.492 e. The summed E-state index contributed by atoms with van der Waals surface area (Å²) in [5.41, 5.74) is 1.10. The van der Waals surface area contributed by atoms with Crippen LogP contribution in [0.3, 0.4) is 0 Å². The van der Waals surface area contributed by atoms with Crippen LogP contribution in [-0.2, 0) is 11.2 Å². The molecule has 7 heteroatoms. The number of likely N-dealkylation sites (tertiary alicyclic amines) is 1. The second-order valence-corrected chi connectivity index (χ2v) is 7.08. The molecular formula is C21H22FNO5. The van der Waals surface area contributed by atoms with Gasteiger partial charge in [-0.05, 0) is 30.2 Å². The zero-order chi connectivity index (χ0) is 19.5. The topological polar surface area (TPSA) is 68.2 Å². The van der Waals surface area contributed by atoms with Crippen LogP contribution in [0.2, 0.25) is 0 Å². The first kappa shape index (κ1) is 18.6. The van der Waals surface area contributed by atoms with Gasteiger partial charge in [-0.25, -0.2) is 4.39 Å². The number of carboxylic acids is 1. The smallest absolute Gasteiger partial charge is 0.309 e. The fourth-order valence-corrected chi connectivity index (χ4v) is 3.50. The Hall–Kier alpha value is -2.80. The van der Waals surface area contributed by atoms with Crippen LogP contribution in [-0.4, -0.2) is 54.9 Å². The molecule has 148 valence electrons. The summed E-state index contributed by atoms with van der Waals surface area (Å²) in [6.45, 7) is 2.37. The standard InChI is InChI=1S/C21H22FNO5/c22-16-2-1-3-18(9-16)26-6-7-27-19-5-4-14-8-17(13-28-20(14)10-19)23-11-15(12-23)21(24)25/h1-5,9-10,15,17H,6-8,11-13H2,(H,24,25). The Labute approximate surface area is 162 Å². The van der Waals surface area contributed by atoms with Gasteiger partial charge in [0, 0.05) is 31.3 Å². The van der Waals surface area contributed by atoms with Crippen molar-refractivity contribution >= 4 is 5.97 Å². The Kier molecular flexibility index (Phi) is 5.34. The minimum atomic E-state index is -0.725. The van der Waals surface area contributed by atoms with Gasteiger partial charge in [-0.2, -0.15) is 0 Å². The first-order valence-corrected chi connectivity index (χ1v) is 9.32. The van der Waals surface area contributed by atoms with E-state index < -0.39 is 5.97 Å². The van der Waals surface area contributed by atoms with Crippen molar-refractivity contribution in [3.05, 3.63) is 53.8 Å². The fraction of sp³-hybridized carbons (Fsp3) is 0.381. The summed E-state index contributed by atoms with van der Waals surface area (Å²) in [4.78, 5) is 13.1. The van der Waals surface area contributed by atoms with Crippen LogP contribution in [0.25, 0.3) is 0 Å². The summed E-state index contributed by atoms with van der Waals surface area (Å²) in [5.74, 6) is 0.646. The largest absolute Gasteiger partial charge is 0.492 e. The first-order chi connectivity index (χ1) is 13.6. The van der Waals surface area contributed by atoms with Crippen molar-refractivity contribution in [2.24, 2.45) is 5.92 Å². The van der Waals surface area contributed by atoms with Gasteiger partial charge < -0.3 is 19.3 Å². The van der Waals surface area contributed by atoms with E-state index in [1.165, 1.54) is 12.1 Å². The van der Waals surface area contributed by atoms with Gasteiger partial charge in [0.05, 0.1) is 5.92 Å². The van der Waals surface area contributed by atoms with Crippen LogP contribution in [0.4, 0.5) is 4.39 Å². The number of hydrogen-bond donors (Lipinski definition) is 1. The number of nitrogens with zero attached hydrogens (tertiary/aromatic N) is 1. The number of aliphatic carboxylic acids is 1. The number of halogens is 1. The molecule has 2 aromatic carbocycles. The van der Waals surface area contributed by atoms with Gasteiger partial charge in [0.2, 0.25) is 0 Å². The number of carboxylic acid groups (broad SMARTS) is 1. The molecule has 1 saturated heterocycles. The van der Waals surface area contributed by atoms with Crippen LogP contribution in [0.15, 0.2) is 42.5 Å². The molecule has 1 N–H and O–H groups in total. The molecule has 2 aromatic rings. The lowest BCUT2D eigenvalue weighted by molar-refractivity contribution is -0.149. The second kappa shape index (κ2) is 8.06. The molecule has 28 heavy (non-hydrogen) atoms. The SMILES string of the molecule is O=C(O)C1CN(C2COc3cc(OCCOc4cccc(F)c4)ccc3C2)C1. The highest BCUT2D eigenvalue weighted by Crippen LogP contribution is 2.32. The lowest BCUT2D eigenvalue weighted by Crippen LogP contribution is -2.57. The molecule has 0 bridgehead atoms. The van der Waals surface area contributed by atoms with E-state index in [9.17, 15) is 9.18 Å². The van der Waals surface area contributed by atoms with Crippen molar-refractivity contribution in [2.75, 3.05) is 32.9 Å². The average molecular weight is 387 g/mol. The Morgan fingerprint density at radius 2 is 1.89 bits per heavy atom. The van der Waals surface area contributed by atoms with Gasteiger partial charge in [-0.1, -0.05) is 12.1 Å². The summed E-state index contributed by atoms with van der Waals surface area (Å²) in [5, 5.41) is 9.01. The molecule has 0 spiro atoms. The lowest BCUT2D eigenvalue weighted by atomic mass is 9.93. The second-order valence-electron chi connectivity index (χ2n) is 7.08. The molecule has 2 heterocycles. The quantitative estimate of drug-likeness (QED) is 0.737. The Morgan fingerprint density at radius 3 is 2.61 bits per heavy atom. The summed E-state index contributed by atoms with van der Waals surface area (Å²) < 4.78 is 30.1. The zero-order valence-electron chi connectivity index (χ0n) is 15.3. The summed E-state index contributed by atoms with van der Waals surface area (Å²) >= 11 is 0. The van der Waals surface area contributed by atoms with E-state index in [4.69, 9.17) is 19.3 Å². The third-order valence-corrected chi connectivity index (χ3v) is 5.12. The number of rotatable bonds is 7. The maximum absolute atomic E-state index is 13.1. The Morgan fingerprint density at radius 1 is 1.14 bits per heavy atom. The molecule has 2 aliphatic heterocycles. The maximum Gasteiger partial charge on any atom is 0.309 e. The van der Waals surface area contributed by atoms with Gasteiger partial charge in [0.15, 0.2) is 0 Å². The predicted molar refractivity (Wildman–Crippen MR) is 99.5 cm³/mol. The van der Waals surface area contributed by atoms with Gasteiger partial charge in [-0.3, -0.25) is 9.69 Å². The van der Waals surface area contributed by atoms with Crippen LogP contribution in [0.1, 0.15) is 5.56 Å². The van der Waals surface area contributed by atoms with E-state index in [-0.39, 0.29) is 17.8 Å². The molecule has 1 unspecified atom stereocenters. The summed E-state index contributed by atoms with van der Waals surface area (Å²) in [7, 11) is 0. The molecule has 0 amide bonds. The van der Waals surface area contributed by atoms with Crippen molar-refractivity contribution in [3.63, 3.8) is 0 Å². The van der Waals surface area contributed by atoms with Gasteiger partial charge in [0.25, 0.3) is 0 Å². The molecule has 4 rings (SSSR count). The summed E-state index contributed by atoms with van der Waals surface area (Å²) in [6, 6.07) is 12.0. The molecular weight excluding hydrogens is 365 g/mol. The van der Waals surface area contributed by atoms with Gasteiger partial charge >= 0.3 is 5.97 Å². The normalized spacial score (nSPS) is 19.2. The third-order valence-electron chi connectivity index (χ3n) is 5.12. The predicted octanol–water partition coefficient (Wildman–Crippen LogP) is 2.60. The fourth-order valence-electron chi connectivity index (χ4n) is 3.50. The molecule has 1 fully saturated rings. The van der Waals surface area contributed by atoms with E-state index in [1.807, 2.05) is 18.2 Å². The number of carbonyl (C=O) groups is 1. The van der Waals surface area contributed by atoms with Crippen LogP contribution in [0.5, 0.6) is 17.2 Å². The lowest BCUT2D eigenvalue weighted by Gasteiger charge is -2.43. The number of benzene rings is 2. The third kappa shape index (κ3) is 4.20. The molecule has 0 radical (unpaired) electrons. The molecule has 2 aliphatic rings. The monoisotopic (exact) mass is 387 g/mol. The highest BCUT2D eigenvalue weighted by Gasteiger charge is 2.38. The molecule has 6 nitrogen and oxygen atoms in total. The molecule has 0 aliphatic carbocycles. The van der Waals surface area contributed by atoms with Crippen molar-refractivity contribution in [2.45, 2.75) is 12.5 Å². The molecule has 0 aromatic heterocycles. The van der Waals surface area contributed by atoms with E-state index in [2.05, 4.69) is 4.90 Å². The number of hydrogen-bond acceptors (Lipinski definition) is 5. The van der Waals surface area contributed by atoms with E-state index in [0.29, 0.717) is 44.4 Å². The minimum absolute atomic E-state index is 0.217. The first-order valence-electron chi connectivity index (χ1n) is 9.32.